The number of hydrogen-bond donors (Lipinski definition) is 1. The van der Waals surface area contributed by atoms with Gasteiger partial charge in [0.15, 0.2) is 5.82 Å². The van der Waals surface area contributed by atoms with Gasteiger partial charge in [0.25, 0.3) is 5.91 Å². The summed E-state index contributed by atoms with van der Waals surface area (Å²) in [4.78, 5) is 15.0. The van der Waals surface area contributed by atoms with E-state index < -0.39 is 0 Å². The summed E-state index contributed by atoms with van der Waals surface area (Å²) in [5.41, 5.74) is 2.21. The summed E-state index contributed by atoms with van der Waals surface area (Å²) < 4.78 is 15.2. The molecule has 0 aliphatic carbocycles. The Morgan fingerprint density at radius 1 is 1.29 bits per heavy atom. The molecular weight excluding hydrogens is 376 g/mol. The van der Waals surface area contributed by atoms with Crippen LogP contribution in [0, 0.1) is 0 Å². The molecule has 1 saturated heterocycles. The molecule has 4 rings (SSSR count). The van der Waals surface area contributed by atoms with Crippen molar-refractivity contribution in [3.05, 3.63) is 42.2 Å². The zero-order valence-electron chi connectivity index (χ0n) is 15.8. The highest BCUT2D eigenvalue weighted by Crippen LogP contribution is 2.24. The van der Waals surface area contributed by atoms with E-state index in [9.17, 15) is 4.79 Å². The highest BCUT2D eigenvalue weighted by atomic mass is 32.1. The van der Waals surface area contributed by atoms with Crippen LogP contribution in [0.25, 0.3) is 11.3 Å². The second-order valence-corrected chi connectivity index (χ2v) is 7.33. The molecular formula is C19H22N6O2S. The van der Waals surface area contributed by atoms with Gasteiger partial charge >= 0.3 is 0 Å². The first kappa shape index (κ1) is 18.4. The van der Waals surface area contributed by atoms with E-state index in [-0.39, 0.29) is 11.9 Å². The van der Waals surface area contributed by atoms with Crippen LogP contribution in [0.15, 0.2) is 36.5 Å². The number of methoxy groups -OCH3 is 1. The Morgan fingerprint density at radius 2 is 2.11 bits per heavy atom. The van der Waals surface area contributed by atoms with Gasteiger partial charge in [0.05, 0.1) is 30.7 Å². The van der Waals surface area contributed by atoms with Gasteiger partial charge in [-0.05, 0) is 31.0 Å². The highest BCUT2D eigenvalue weighted by molar-refractivity contribution is 6.99. The van der Waals surface area contributed by atoms with Crippen molar-refractivity contribution in [2.45, 2.75) is 18.9 Å². The monoisotopic (exact) mass is 398 g/mol. The van der Waals surface area contributed by atoms with Crippen molar-refractivity contribution in [1.29, 1.82) is 0 Å². The minimum absolute atomic E-state index is 0.0991. The van der Waals surface area contributed by atoms with Crippen molar-refractivity contribution in [1.82, 2.24) is 23.8 Å². The fraction of sp³-hybridized carbons (Fsp3) is 0.368. The molecule has 3 aromatic rings. The maximum Gasteiger partial charge on any atom is 0.269 e. The quantitative estimate of drug-likeness (QED) is 0.710. The smallest absolute Gasteiger partial charge is 0.269 e. The molecule has 0 radical (unpaired) electrons. The number of rotatable bonds is 5. The van der Waals surface area contributed by atoms with Gasteiger partial charge in [0.2, 0.25) is 0 Å². The first-order valence-electron chi connectivity index (χ1n) is 9.16. The van der Waals surface area contributed by atoms with Gasteiger partial charge in [-0.15, -0.1) is 0 Å². The molecule has 8 nitrogen and oxygen atoms in total. The van der Waals surface area contributed by atoms with E-state index in [4.69, 9.17) is 4.74 Å². The third-order valence-electron chi connectivity index (χ3n) is 4.98. The summed E-state index contributed by atoms with van der Waals surface area (Å²) in [5.74, 6) is 1.58. The van der Waals surface area contributed by atoms with E-state index >= 15 is 0 Å². The van der Waals surface area contributed by atoms with Gasteiger partial charge in [-0.2, -0.15) is 13.8 Å². The molecule has 28 heavy (non-hydrogen) atoms. The number of ether oxygens (including phenoxy) is 1. The van der Waals surface area contributed by atoms with E-state index in [1.165, 1.54) is 11.7 Å². The molecule has 0 bridgehead atoms. The van der Waals surface area contributed by atoms with Gasteiger partial charge < -0.3 is 15.0 Å². The largest absolute Gasteiger partial charge is 0.497 e. The Morgan fingerprint density at radius 3 is 2.82 bits per heavy atom. The molecule has 1 amide bonds. The number of piperidine rings is 1. The zero-order chi connectivity index (χ0) is 19.5. The summed E-state index contributed by atoms with van der Waals surface area (Å²) in [6, 6.07) is 9.62. The highest BCUT2D eigenvalue weighted by Gasteiger charge is 2.24. The van der Waals surface area contributed by atoms with Crippen molar-refractivity contribution in [2.24, 2.45) is 7.05 Å². The molecule has 1 fully saturated rings. The molecule has 3 heterocycles. The number of carbonyl (C=O) groups excluding carboxylic acids is 1. The van der Waals surface area contributed by atoms with Gasteiger partial charge in [-0.3, -0.25) is 9.48 Å². The number of anilines is 1. The van der Waals surface area contributed by atoms with Crippen LogP contribution < -0.4 is 15.0 Å². The first-order valence-corrected chi connectivity index (χ1v) is 9.89. The average Bonchev–Trinajstić information content (AvgIpc) is 3.38. The molecule has 1 aliphatic rings. The lowest BCUT2D eigenvalue weighted by molar-refractivity contribution is 0.0921. The van der Waals surface area contributed by atoms with Crippen LogP contribution in [0.3, 0.4) is 0 Å². The average molecular weight is 398 g/mol. The Hall–Kier alpha value is -2.94. The summed E-state index contributed by atoms with van der Waals surface area (Å²) in [6.45, 7) is 1.72. The molecule has 0 atom stereocenters. The standard InChI is InChI=1S/C19H22N6O2S/c1-24-17(11-16(22-24)13-4-3-5-15(10-13)27-2)19(26)21-14-6-8-25(9-7-14)18-12-20-28-23-18/h3-5,10-12,14H,6-9H2,1-2H3,(H,21,26). The number of hydrogen-bond acceptors (Lipinski definition) is 7. The van der Waals surface area contributed by atoms with E-state index in [0.717, 1.165) is 48.8 Å². The SMILES string of the molecule is COc1cccc(-c2cc(C(=O)NC3CCN(c4cnsn4)CC3)n(C)n2)c1. The fourth-order valence-corrected chi connectivity index (χ4v) is 3.85. The Balaban J connectivity index is 1.41. The van der Waals surface area contributed by atoms with Crippen LogP contribution in [0.1, 0.15) is 23.3 Å². The van der Waals surface area contributed by atoms with Gasteiger partial charge in [0, 0.05) is 31.7 Å². The predicted octanol–water partition coefficient (Wildman–Crippen LogP) is 2.35. The number of amides is 1. The van der Waals surface area contributed by atoms with E-state index in [0.29, 0.717) is 5.69 Å². The normalized spacial score (nSPS) is 14.9. The lowest BCUT2D eigenvalue weighted by atomic mass is 10.0. The Labute approximate surface area is 167 Å². The number of benzene rings is 1. The van der Waals surface area contributed by atoms with Gasteiger partial charge in [-0.25, -0.2) is 0 Å². The number of carbonyl (C=O) groups is 1. The van der Waals surface area contributed by atoms with Gasteiger partial charge in [-0.1, -0.05) is 12.1 Å². The maximum atomic E-state index is 12.8. The number of aryl methyl sites for hydroxylation is 1. The van der Waals surface area contributed by atoms with Crippen LogP contribution >= 0.6 is 11.7 Å². The number of nitrogens with one attached hydrogen (secondary N) is 1. The molecule has 1 aromatic carbocycles. The minimum atomic E-state index is -0.0991. The number of nitrogens with zero attached hydrogens (tertiary/aromatic N) is 5. The van der Waals surface area contributed by atoms with E-state index in [1.54, 1.807) is 25.0 Å². The van der Waals surface area contributed by atoms with Crippen LogP contribution in [0.4, 0.5) is 5.82 Å². The molecule has 9 heteroatoms. The Kier molecular flexibility index (Phi) is 5.25. The lowest BCUT2D eigenvalue weighted by Gasteiger charge is -2.32. The Bertz CT molecular complexity index is 947. The van der Waals surface area contributed by atoms with Crippen LogP contribution in [0.2, 0.25) is 0 Å². The summed E-state index contributed by atoms with van der Waals surface area (Å²) in [7, 11) is 3.42. The van der Waals surface area contributed by atoms with Crippen molar-refractivity contribution in [3.8, 4) is 17.0 Å². The van der Waals surface area contributed by atoms with Crippen molar-refractivity contribution >= 4 is 23.5 Å². The van der Waals surface area contributed by atoms with E-state index in [1.807, 2.05) is 30.3 Å². The van der Waals surface area contributed by atoms with Crippen molar-refractivity contribution < 1.29 is 9.53 Å². The maximum absolute atomic E-state index is 12.8. The molecule has 0 saturated carbocycles. The minimum Gasteiger partial charge on any atom is -0.497 e. The topological polar surface area (TPSA) is 85.2 Å². The fourth-order valence-electron chi connectivity index (χ4n) is 3.41. The summed E-state index contributed by atoms with van der Waals surface area (Å²) in [6.07, 6.45) is 3.55. The number of aromatic nitrogens is 4. The predicted molar refractivity (Wildman–Crippen MR) is 108 cm³/mol. The van der Waals surface area contributed by atoms with Crippen LogP contribution in [-0.2, 0) is 7.05 Å². The van der Waals surface area contributed by atoms with Crippen LogP contribution in [-0.4, -0.2) is 50.7 Å². The third-order valence-corrected chi connectivity index (χ3v) is 5.45. The molecule has 1 aliphatic heterocycles. The summed E-state index contributed by atoms with van der Waals surface area (Å²) >= 11 is 1.22. The molecule has 0 spiro atoms. The molecule has 146 valence electrons. The van der Waals surface area contributed by atoms with Crippen LogP contribution in [0.5, 0.6) is 5.75 Å². The van der Waals surface area contributed by atoms with E-state index in [2.05, 4.69) is 24.1 Å². The second kappa shape index (κ2) is 7.97. The van der Waals surface area contributed by atoms with Crippen molar-refractivity contribution in [3.63, 3.8) is 0 Å². The third kappa shape index (κ3) is 3.84. The molecule has 2 aromatic heterocycles. The van der Waals surface area contributed by atoms with Crippen molar-refractivity contribution in [2.75, 3.05) is 25.1 Å². The zero-order valence-corrected chi connectivity index (χ0v) is 16.6. The summed E-state index contributed by atoms with van der Waals surface area (Å²) in [5, 5.41) is 7.64. The second-order valence-electron chi connectivity index (χ2n) is 6.77. The first-order chi connectivity index (χ1) is 13.6. The molecule has 0 unspecified atom stereocenters. The lowest BCUT2D eigenvalue weighted by Crippen LogP contribution is -2.45. The molecule has 1 N–H and O–H groups in total. The van der Waals surface area contributed by atoms with Gasteiger partial charge in [0.1, 0.15) is 11.4 Å².